The summed E-state index contributed by atoms with van der Waals surface area (Å²) in [6.45, 7) is 2.14. The number of aromatic nitrogens is 6. The Labute approximate surface area is 137 Å². The molecule has 0 unspecified atom stereocenters. The minimum Gasteiger partial charge on any atom is -0.263 e. The molecule has 4 aromatic rings. The van der Waals surface area contributed by atoms with Gasteiger partial charge in [-0.2, -0.15) is 14.7 Å². The van der Waals surface area contributed by atoms with E-state index < -0.39 is 0 Å². The third kappa shape index (κ3) is 2.63. The first-order valence-electron chi connectivity index (χ1n) is 7.59. The van der Waals surface area contributed by atoms with E-state index in [1.54, 1.807) is 17.5 Å². The molecule has 23 heavy (non-hydrogen) atoms. The van der Waals surface area contributed by atoms with Crippen LogP contribution in [0.3, 0.4) is 0 Å². The Morgan fingerprint density at radius 1 is 1.13 bits per heavy atom. The van der Waals surface area contributed by atoms with Gasteiger partial charge in [0.1, 0.15) is 11.0 Å². The second kappa shape index (κ2) is 5.92. The van der Waals surface area contributed by atoms with E-state index in [1.807, 2.05) is 39.7 Å². The largest absolute Gasteiger partial charge is 0.263 e. The smallest absolute Gasteiger partial charge is 0.234 e. The summed E-state index contributed by atoms with van der Waals surface area (Å²) in [5.41, 5.74) is 1.20. The maximum atomic E-state index is 4.75. The molecule has 0 aliphatic carbocycles. The lowest BCUT2D eigenvalue weighted by molar-refractivity contribution is 0.501. The molecule has 7 heteroatoms. The average molecular weight is 324 g/mol. The molecule has 1 atom stereocenters. The first-order chi connectivity index (χ1) is 11.3. The van der Waals surface area contributed by atoms with Crippen LogP contribution in [0.15, 0.2) is 48.8 Å². The lowest BCUT2D eigenvalue weighted by atomic mass is 10.1. The first-order valence-corrected chi connectivity index (χ1v) is 8.41. The van der Waals surface area contributed by atoms with Crippen molar-refractivity contribution in [2.24, 2.45) is 0 Å². The lowest BCUT2D eigenvalue weighted by Crippen LogP contribution is -2.10. The molecule has 0 amide bonds. The van der Waals surface area contributed by atoms with Gasteiger partial charge in [-0.3, -0.25) is 4.68 Å². The van der Waals surface area contributed by atoms with Gasteiger partial charge < -0.3 is 0 Å². The Bertz CT molecular complexity index is 893. The Morgan fingerprint density at radius 3 is 2.74 bits per heavy atom. The lowest BCUT2D eigenvalue weighted by Gasteiger charge is -2.11. The van der Waals surface area contributed by atoms with Crippen molar-refractivity contribution in [3.8, 4) is 0 Å². The summed E-state index contributed by atoms with van der Waals surface area (Å²) in [7, 11) is 0. The molecule has 0 radical (unpaired) electrons. The molecule has 0 N–H and O–H groups in total. The number of hydrogen-bond acceptors (Lipinski definition) is 5. The van der Waals surface area contributed by atoms with Crippen molar-refractivity contribution in [2.75, 3.05) is 0 Å². The summed E-state index contributed by atoms with van der Waals surface area (Å²) in [6, 6.07) is 12.3. The standard InChI is InChI=1S/C16H16N6S/c1-2-13(21-10-6-9-17-21)15-20-22-14(18-19-16(22)23-15)11-12-7-4-3-5-8-12/h3-10,13H,2,11H2,1H3/t13-/m1/s1. The highest BCUT2D eigenvalue weighted by molar-refractivity contribution is 7.16. The number of rotatable bonds is 5. The molecule has 4 rings (SSSR count). The predicted octanol–water partition coefficient (Wildman–Crippen LogP) is 2.97. The Kier molecular flexibility index (Phi) is 3.63. The molecule has 6 nitrogen and oxygen atoms in total. The SMILES string of the molecule is CC[C@H](c1nn2c(Cc3ccccc3)nnc2s1)n1cccn1. The highest BCUT2D eigenvalue weighted by Gasteiger charge is 2.19. The van der Waals surface area contributed by atoms with Crippen LogP contribution < -0.4 is 0 Å². The van der Waals surface area contributed by atoms with Gasteiger partial charge >= 0.3 is 0 Å². The molecule has 116 valence electrons. The molecule has 0 saturated carbocycles. The fraction of sp³-hybridized carbons (Fsp3) is 0.250. The van der Waals surface area contributed by atoms with Gasteiger partial charge in [0.15, 0.2) is 5.82 Å². The maximum absolute atomic E-state index is 4.75. The minimum absolute atomic E-state index is 0.140. The van der Waals surface area contributed by atoms with E-state index in [-0.39, 0.29) is 6.04 Å². The van der Waals surface area contributed by atoms with Crippen molar-refractivity contribution < 1.29 is 0 Å². The van der Waals surface area contributed by atoms with Gasteiger partial charge in [0.25, 0.3) is 0 Å². The molecular weight excluding hydrogens is 308 g/mol. The first kappa shape index (κ1) is 14.1. The van der Waals surface area contributed by atoms with E-state index in [2.05, 4.69) is 34.4 Å². The van der Waals surface area contributed by atoms with Gasteiger partial charge in [-0.1, -0.05) is 48.6 Å². The van der Waals surface area contributed by atoms with Crippen molar-refractivity contribution in [1.82, 2.24) is 29.6 Å². The van der Waals surface area contributed by atoms with E-state index >= 15 is 0 Å². The number of fused-ring (bicyclic) bond motifs is 1. The van der Waals surface area contributed by atoms with Crippen molar-refractivity contribution in [3.05, 3.63) is 65.2 Å². The molecular formula is C16H16N6S. The van der Waals surface area contributed by atoms with Crippen LogP contribution in [0.5, 0.6) is 0 Å². The average Bonchev–Trinajstić information content (AvgIpc) is 3.29. The highest BCUT2D eigenvalue weighted by atomic mass is 32.1. The molecule has 1 aromatic carbocycles. The topological polar surface area (TPSA) is 60.9 Å². The normalized spacial score (nSPS) is 12.7. The Morgan fingerprint density at radius 2 is 2.00 bits per heavy atom. The zero-order valence-corrected chi connectivity index (χ0v) is 13.5. The quantitative estimate of drug-likeness (QED) is 0.566. The summed E-state index contributed by atoms with van der Waals surface area (Å²) in [5.74, 6) is 0.865. The molecule has 0 bridgehead atoms. The zero-order valence-electron chi connectivity index (χ0n) is 12.7. The summed E-state index contributed by atoms with van der Waals surface area (Å²) in [5, 5.41) is 18.7. The van der Waals surface area contributed by atoms with E-state index in [4.69, 9.17) is 5.10 Å². The van der Waals surface area contributed by atoms with E-state index in [0.717, 1.165) is 28.6 Å². The van der Waals surface area contributed by atoms with Gasteiger partial charge in [-0.25, -0.2) is 0 Å². The number of nitrogens with zero attached hydrogens (tertiary/aromatic N) is 6. The van der Waals surface area contributed by atoms with Gasteiger partial charge in [0, 0.05) is 18.8 Å². The Hall–Kier alpha value is -2.54. The monoisotopic (exact) mass is 324 g/mol. The molecule has 0 spiro atoms. The summed E-state index contributed by atoms with van der Waals surface area (Å²) >= 11 is 1.58. The third-order valence-electron chi connectivity index (χ3n) is 3.79. The molecule has 0 aliphatic rings. The van der Waals surface area contributed by atoms with Crippen molar-refractivity contribution >= 4 is 16.3 Å². The molecule has 0 aliphatic heterocycles. The minimum atomic E-state index is 0.140. The highest BCUT2D eigenvalue weighted by Crippen LogP contribution is 2.26. The van der Waals surface area contributed by atoms with Crippen LogP contribution in [-0.2, 0) is 6.42 Å². The molecule has 0 saturated heterocycles. The molecule has 3 heterocycles. The fourth-order valence-corrected chi connectivity index (χ4v) is 3.67. The summed E-state index contributed by atoms with van der Waals surface area (Å²) in [6.07, 6.45) is 5.43. The molecule has 0 fully saturated rings. The maximum Gasteiger partial charge on any atom is 0.234 e. The van der Waals surface area contributed by atoms with E-state index in [0.29, 0.717) is 0 Å². The second-order valence-corrected chi connectivity index (χ2v) is 6.31. The van der Waals surface area contributed by atoms with Crippen LogP contribution in [0, 0.1) is 0 Å². The van der Waals surface area contributed by atoms with Gasteiger partial charge in [-0.05, 0) is 18.1 Å². The van der Waals surface area contributed by atoms with Crippen molar-refractivity contribution in [1.29, 1.82) is 0 Å². The van der Waals surface area contributed by atoms with Crippen LogP contribution in [0.2, 0.25) is 0 Å². The second-order valence-electron chi connectivity index (χ2n) is 5.32. The van der Waals surface area contributed by atoms with E-state index in [1.165, 1.54) is 5.56 Å². The molecule has 3 aromatic heterocycles. The summed E-state index contributed by atoms with van der Waals surface area (Å²) < 4.78 is 3.81. The van der Waals surface area contributed by atoms with Crippen LogP contribution in [0.25, 0.3) is 4.96 Å². The fourth-order valence-electron chi connectivity index (χ4n) is 2.64. The van der Waals surface area contributed by atoms with Gasteiger partial charge in [-0.15, -0.1) is 10.2 Å². The van der Waals surface area contributed by atoms with Gasteiger partial charge in [0.05, 0.1) is 0 Å². The van der Waals surface area contributed by atoms with Crippen LogP contribution in [0.1, 0.15) is 35.8 Å². The Balaban J connectivity index is 1.69. The third-order valence-corrected chi connectivity index (χ3v) is 4.79. The van der Waals surface area contributed by atoms with Crippen molar-refractivity contribution in [2.45, 2.75) is 25.8 Å². The van der Waals surface area contributed by atoms with E-state index in [9.17, 15) is 0 Å². The van der Waals surface area contributed by atoms with Gasteiger partial charge in [0.2, 0.25) is 4.96 Å². The number of hydrogen-bond donors (Lipinski definition) is 0. The van der Waals surface area contributed by atoms with Crippen LogP contribution in [0.4, 0.5) is 0 Å². The zero-order chi connectivity index (χ0) is 15.6. The van der Waals surface area contributed by atoms with Crippen LogP contribution in [-0.4, -0.2) is 29.6 Å². The predicted molar refractivity (Wildman–Crippen MR) is 88.6 cm³/mol. The number of benzene rings is 1. The van der Waals surface area contributed by atoms with Crippen molar-refractivity contribution in [3.63, 3.8) is 0 Å². The van der Waals surface area contributed by atoms with Crippen LogP contribution >= 0.6 is 11.3 Å². The summed E-state index contributed by atoms with van der Waals surface area (Å²) in [4.78, 5) is 0.830.